The molecule has 0 atom stereocenters. The van der Waals surface area contributed by atoms with Crippen molar-refractivity contribution in [2.45, 2.75) is 13.3 Å². The Hall–Kier alpha value is -2.24. The number of ether oxygens (including phenoxy) is 3. The van der Waals surface area contributed by atoms with Crippen molar-refractivity contribution in [1.29, 1.82) is 0 Å². The highest BCUT2D eigenvalue weighted by Gasteiger charge is 2.04. The summed E-state index contributed by atoms with van der Waals surface area (Å²) in [7, 11) is 2.84. The molecule has 104 valence electrons. The molecule has 0 unspecified atom stereocenters. The SMILES string of the molecule is CCCOc1ccc(/C=N\NC(=O)OC)cc1OC. The maximum Gasteiger partial charge on any atom is 0.427 e. The fourth-order valence-corrected chi connectivity index (χ4v) is 1.30. The normalized spacial score (nSPS) is 10.3. The summed E-state index contributed by atoms with van der Waals surface area (Å²) in [6.07, 6.45) is 1.80. The van der Waals surface area contributed by atoms with Crippen LogP contribution in [0.2, 0.25) is 0 Å². The third kappa shape index (κ3) is 4.87. The Morgan fingerprint density at radius 2 is 2.16 bits per heavy atom. The molecule has 0 saturated carbocycles. The van der Waals surface area contributed by atoms with Crippen molar-refractivity contribution in [2.24, 2.45) is 5.10 Å². The molecule has 0 aliphatic heterocycles. The van der Waals surface area contributed by atoms with E-state index in [1.54, 1.807) is 19.2 Å². The third-order valence-electron chi connectivity index (χ3n) is 2.20. The first kappa shape index (κ1) is 14.8. The van der Waals surface area contributed by atoms with Gasteiger partial charge in [-0.3, -0.25) is 0 Å². The van der Waals surface area contributed by atoms with E-state index in [0.717, 1.165) is 12.0 Å². The first-order valence-corrected chi connectivity index (χ1v) is 5.89. The fourth-order valence-electron chi connectivity index (χ4n) is 1.30. The number of hydrazone groups is 1. The van der Waals surface area contributed by atoms with Gasteiger partial charge >= 0.3 is 6.09 Å². The van der Waals surface area contributed by atoms with Crippen molar-refractivity contribution in [2.75, 3.05) is 20.8 Å². The van der Waals surface area contributed by atoms with Gasteiger partial charge in [0.1, 0.15) is 0 Å². The molecule has 0 aromatic heterocycles. The predicted octanol–water partition coefficient (Wildman–Crippen LogP) is 2.17. The molecular weight excluding hydrogens is 248 g/mol. The summed E-state index contributed by atoms with van der Waals surface area (Å²) in [6.45, 7) is 2.67. The number of amides is 1. The first-order valence-electron chi connectivity index (χ1n) is 5.89. The van der Waals surface area contributed by atoms with Crippen LogP contribution in [0.25, 0.3) is 0 Å². The van der Waals surface area contributed by atoms with Crippen molar-refractivity contribution in [3.8, 4) is 11.5 Å². The van der Waals surface area contributed by atoms with Crippen LogP contribution >= 0.6 is 0 Å². The van der Waals surface area contributed by atoms with E-state index in [0.29, 0.717) is 18.1 Å². The number of carbonyl (C=O) groups is 1. The smallest absolute Gasteiger partial charge is 0.427 e. The van der Waals surface area contributed by atoms with Crippen molar-refractivity contribution < 1.29 is 19.0 Å². The number of hydrogen-bond donors (Lipinski definition) is 1. The van der Waals surface area contributed by atoms with Crippen LogP contribution in [0.15, 0.2) is 23.3 Å². The van der Waals surface area contributed by atoms with Gasteiger partial charge in [0, 0.05) is 0 Å². The van der Waals surface area contributed by atoms with Crippen LogP contribution in [-0.2, 0) is 4.74 Å². The molecule has 0 aliphatic carbocycles. The maximum absolute atomic E-state index is 10.8. The average Bonchev–Trinajstić information content (AvgIpc) is 2.45. The Kier molecular flexibility index (Phi) is 6.21. The van der Waals surface area contributed by atoms with E-state index >= 15 is 0 Å². The lowest BCUT2D eigenvalue weighted by molar-refractivity contribution is 0.171. The summed E-state index contributed by atoms with van der Waals surface area (Å²) in [5, 5.41) is 3.73. The van der Waals surface area contributed by atoms with Crippen LogP contribution < -0.4 is 14.9 Å². The van der Waals surface area contributed by atoms with Crippen LogP contribution in [0, 0.1) is 0 Å². The van der Waals surface area contributed by atoms with Gasteiger partial charge in [0.15, 0.2) is 11.5 Å². The topological polar surface area (TPSA) is 69.2 Å². The van der Waals surface area contributed by atoms with Crippen molar-refractivity contribution in [3.05, 3.63) is 23.8 Å². The molecule has 1 rings (SSSR count). The van der Waals surface area contributed by atoms with Gasteiger partial charge < -0.3 is 14.2 Å². The molecule has 1 aromatic rings. The highest BCUT2D eigenvalue weighted by molar-refractivity contribution is 5.82. The van der Waals surface area contributed by atoms with E-state index in [-0.39, 0.29) is 0 Å². The minimum atomic E-state index is -0.619. The van der Waals surface area contributed by atoms with Gasteiger partial charge in [0.05, 0.1) is 27.0 Å². The van der Waals surface area contributed by atoms with E-state index in [1.165, 1.54) is 13.3 Å². The molecular formula is C13H18N2O4. The summed E-state index contributed by atoms with van der Waals surface area (Å²) in [5.74, 6) is 1.30. The molecule has 0 aliphatic rings. The van der Waals surface area contributed by atoms with Crippen LogP contribution in [-0.4, -0.2) is 33.1 Å². The van der Waals surface area contributed by atoms with E-state index in [1.807, 2.05) is 13.0 Å². The summed E-state index contributed by atoms with van der Waals surface area (Å²) in [5.41, 5.74) is 2.98. The Morgan fingerprint density at radius 3 is 2.79 bits per heavy atom. The summed E-state index contributed by atoms with van der Waals surface area (Å²) < 4.78 is 15.2. The number of nitrogens with zero attached hydrogens (tertiary/aromatic N) is 1. The quantitative estimate of drug-likeness (QED) is 0.633. The Bertz CT molecular complexity index is 446. The Morgan fingerprint density at radius 1 is 1.37 bits per heavy atom. The highest BCUT2D eigenvalue weighted by Crippen LogP contribution is 2.27. The number of nitrogens with one attached hydrogen (secondary N) is 1. The van der Waals surface area contributed by atoms with Crippen LogP contribution in [0.3, 0.4) is 0 Å². The van der Waals surface area contributed by atoms with Gasteiger partial charge in [-0.25, -0.2) is 10.2 Å². The van der Waals surface area contributed by atoms with Gasteiger partial charge in [-0.2, -0.15) is 5.10 Å². The van der Waals surface area contributed by atoms with E-state index < -0.39 is 6.09 Å². The third-order valence-corrected chi connectivity index (χ3v) is 2.20. The molecule has 0 heterocycles. The lowest BCUT2D eigenvalue weighted by Gasteiger charge is -2.10. The van der Waals surface area contributed by atoms with E-state index in [4.69, 9.17) is 9.47 Å². The zero-order valence-corrected chi connectivity index (χ0v) is 11.3. The van der Waals surface area contributed by atoms with Crippen LogP contribution in [0.5, 0.6) is 11.5 Å². The molecule has 19 heavy (non-hydrogen) atoms. The number of benzene rings is 1. The molecule has 1 amide bonds. The number of rotatable bonds is 6. The zero-order valence-electron chi connectivity index (χ0n) is 11.3. The molecule has 0 spiro atoms. The second-order valence-corrected chi connectivity index (χ2v) is 3.62. The number of carbonyl (C=O) groups excluding carboxylic acids is 1. The monoisotopic (exact) mass is 266 g/mol. The van der Waals surface area contributed by atoms with Gasteiger partial charge in [-0.15, -0.1) is 0 Å². The van der Waals surface area contributed by atoms with Crippen LogP contribution in [0.1, 0.15) is 18.9 Å². The van der Waals surface area contributed by atoms with E-state index in [2.05, 4.69) is 15.3 Å². The van der Waals surface area contributed by atoms with Gasteiger partial charge in [0.2, 0.25) is 0 Å². The number of methoxy groups -OCH3 is 2. The standard InChI is InChI=1S/C13H18N2O4/c1-4-7-19-11-6-5-10(8-12(11)17-2)9-14-15-13(16)18-3/h5-6,8-9H,4,7H2,1-3H3,(H,15,16)/b14-9-. The van der Waals surface area contributed by atoms with Gasteiger partial charge in [-0.05, 0) is 30.2 Å². The average molecular weight is 266 g/mol. The summed E-state index contributed by atoms with van der Waals surface area (Å²) in [4.78, 5) is 10.8. The largest absolute Gasteiger partial charge is 0.493 e. The van der Waals surface area contributed by atoms with Crippen molar-refractivity contribution in [3.63, 3.8) is 0 Å². The summed E-state index contributed by atoms with van der Waals surface area (Å²) in [6, 6.07) is 5.39. The molecule has 6 heteroatoms. The lowest BCUT2D eigenvalue weighted by Crippen LogP contribution is -2.16. The molecule has 6 nitrogen and oxygen atoms in total. The minimum absolute atomic E-state index is 0.619. The molecule has 0 radical (unpaired) electrons. The maximum atomic E-state index is 10.8. The second-order valence-electron chi connectivity index (χ2n) is 3.62. The van der Waals surface area contributed by atoms with Gasteiger partial charge in [-0.1, -0.05) is 6.92 Å². The molecule has 0 fully saturated rings. The van der Waals surface area contributed by atoms with Crippen molar-refractivity contribution in [1.82, 2.24) is 5.43 Å². The number of hydrogen-bond acceptors (Lipinski definition) is 5. The Balaban J connectivity index is 2.73. The van der Waals surface area contributed by atoms with Crippen molar-refractivity contribution >= 4 is 12.3 Å². The Labute approximate surface area is 112 Å². The second kappa shape index (κ2) is 7.97. The summed E-state index contributed by atoms with van der Waals surface area (Å²) >= 11 is 0. The molecule has 0 saturated heterocycles. The first-order chi connectivity index (χ1) is 9.21. The fraction of sp³-hybridized carbons (Fsp3) is 0.385. The lowest BCUT2D eigenvalue weighted by atomic mass is 10.2. The van der Waals surface area contributed by atoms with E-state index in [9.17, 15) is 4.79 Å². The predicted molar refractivity (Wildman–Crippen MR) is 71.9 cm³/mol. The molecule has 0 bridgehead atoms. The van der Waals surface area contributed by atoms with Crippen LogP contribution in [0.4, 0.5) is 4.79 Å². The highest BCUT2D eigenvalue weighted by atomic mass is 16.5. The van der Waals surface area contributed by atoms with Gasteiger partial charge in [0.25, 0.3) is 0 Å². The molecule has 1 N–H and O–H groups in total. The zero-order chi connectivity index (χ0) is 14.1. The molecule has 1 aromatic carbocycles. The minimum Gasteiger partial charge on any atom is -0.493 e.